The maximum atomic E-state index is 11.9. The monoisotopic (exact) mass is 279 g/mol. The first-order valence-electron chi connectivity index (χ1n) is 5.89. The van der Waals surface area contributed by atoms with E-state index < -0.39 is 0 Å². The minimum Gasteiger partial charge on any atom is -0.352 e. The van der Waals surface area contributed by atoms with Gasteiger partial charge in [0.25, 0.3) is 5.91 Å². The van der Waals surface area contributed by atoms with E-state index in [9.17, 15) is 4.79 Å². The van der Waals surface area contributed by atoms with E-state index in [2.05, 4.69) is 34.8 Å². The van der Waals surface area contributed by atoms with Crippen LogP contribution in [0.3, 0.4) is 0 Å². The maximum Gasteiger partial charge on any atom is 0.253 e. The Morgan fingerprint density at radius 1 is 1.42 bits per heavy atom. The van der Waals surface area contributed by atoms with Crippen molar-refractivity contribution in [2.75, 3.05) is 0 Å². The molecule has 19 heavy (non-hydrogen) atoms. The van der Waals surface area contributed by atoms with E-state index in [1.165, 1.54) is 11.4 Å². The van der Waals surface area contributed by atoms with E-state index in [0.29, 0.717) is 12.1 Å². The van der Waals surface area contributed by atoms with Crippen LogP contribution in [-0.2, 0) is 13.6 Å². The Hall–Kier alpha value is -1.81. The highest BCUT2D eigenvalue weighted by atomic mass is 35.5. The topological polar surface area (TPSA) is 46.9 Å². The quantitative estimate of drug-likeness (QED) is 0.938. The van der Waals surface area contributed by atoms with Crippen LogP contribution in [0.2, 0.25) is 0 Å². The van der Waals surface area contributed by atoms with Crippen LogP contribution in [0, 0.1) is 13.8 Å². The summed E-state index contributed by atoms with van der Waals surface area (Å²) in [6, 6.07) is 5.61. The number of hydrogen-bond donors (Lipinski definition) is 1. The number of rotatable bonds is 3. The molecule has 0 saturated carbocycles. The van der Waals surface area contributed by atoms with Crippen molar-refractivity contribution in [2.24, 2.45) is 7.05 Å². The van der Waals surface area contributed by atoms with Crippen molar-refractivity contribution in [3.8, 4) is 0 Å². The highest BCUT2D eigenvalue weighted by molar-refractivity contribution is 5.93. The standard InChI is InChI=1S/C14H17N3O.ClH/c1-10-7-13(11(2)17(10)3)9-16-14(18)12-5-4-6-15-8-12;/h4-8H,9H2,1-3H3,(H,16,18);1H. The molecule has 0 bridgehead atoms. The second-order valence-electron chi connectivity index (χ2n) is 4.38. The fraction of sp³-hybridized carbons (Fsp3) is 0.286. The van der Waals surface area contributed by atoms with Gasteiger partial charge in [0.1, 0.15) is 0 Å². The largest absolute Gasteiger partial charge is 0.352 e. The molecule has 0 aliphatic rings. The van der Waals surface area contributed by atoms with Crippen LogP contribution in [0.4, 0.5) is 0 Å². The fourth-order valence-corrected chi connectivity index (χ4v) is 1.89. The van der Waals surface area contributed by atoms with Crippen molar-refractivity contribution in [1.82, 2.24) is 14.9 Å². The third-order valence-electron chi connectivity index (χ3n) is 3.24. The molecule has 0 fully saturated rings. The Morgan fingerprint density at radius 2 is 2.16 bits per heavy atom. The number of aryl methyl sites for hydroxylation is 1. The Balaban J connectivity index is 0.00000180. The minimum absolute atomic E-state index is 0. The van der Waals surface area contributed by atoms with Crippen molar-refractivity contribution in [2.45, 2.75) is 20.4 Å². The average molecular weight is 280 g/mol. The second-order valence-corrected chi connectivity index (χ2v) is 4.38. The Bertz CT molecular complexity index is 564. The lowest BCUT2D eigenvalue weighted by Crippen LogP contribution is -2.23. The third-order valence-corrected chi connectivity index (χ3v) is 3.24. The lowest BCUT2D eigenvalue weighted by atomic mass is 10.2. The smallest absolute Gasteiger partial charge is 0.253 e. The minimum atomic E-state index is -0.0935. The van der Waals surface area contributed by atoms with Crippen LogP contribution in [0.1, 0.15) is 27.3 Å². The summed E-state index contributed by atoms with van der Waals surface area (Å²) in [6.07, 6.45) is 3.22. The van der Waals surface area contributed by atoms with E-state index in [0.717, 1.165) is 5.56 Å². The molecule has 2 aromatic heterocycles. The summed E-state index contributed by atoms with van der Waals surface area (Å²) < 4.78 is 2.12. The molecule has 4 nitrogen and oxygen atoms in total. The van der Waals surface area contributed by atoms with Gasteiger partial charge in [-0.05, 0) is 37.6 Å². The number of nitrogens with zero attached hydrogens (tertiary/aromatic N) is 2. The predicted octanol–water partition coefficient (Wildman–Crippen LogP) is 2.39. The van der Waals surface area contributed by atoms with Crippen molar-refractivity contribution in [3.63, 3.8) is 0 Å². The second kappa shape index (κ2) is 6.38. The molecule has 0 aromatic carbocycles. The zero-order chi connectivity index (χ0) is 13.1. The van der Waals surface area contributed by atoms with Gasteiger partial charge in [-0.1, -0.05) is 0 Å². The first-order chi connectivity index (χ1) is 8.59. The SMILES string of the molecule is Cc1cc(CNC(=O)c2cccnc2)c(C)n1C.Cl. The normalized spacial score (nSPS) is 9.84. The summed E-state index contributed by atoms with van der Waals surface area (Å²) in [5, 5.41) is 2.90. The summed E-state index contributed by atoms with van der Waals surface area (Å²) in [4.78, 5) is 15.8. The zero-order valence-electron chi connectivity index (χ0n) is 11.3. The van der Waals surface area contributed by atoms with Crippen LogP contribution < -0.4 is 5.32 Å². The van der Waals surface area contributed by atoms with Gasteiger partial charge >= 0.3 is 0 Å². The summed E-state index contributed by atoms with van der Waals surface area (Å²) in [5.41, 5.74) is 4.10. The fourth-order valence-electron chi connectivity index (χ4n) is 1.89. The predicted molar refractivity (Wildman–Crippen MR) is 77.5 cm³/mol. The Kier molecular flexibility index (Phi) is 5.12. The van der Waals surface area contributed by atoms with E-state index >= 15 is 0 Å². The summed E-state index contributed by atoms with van der Waals surface area (Å²) in [5.74, 6) is -0.0935. The zero-order valence-corrected chi connectivity index (χ0v) is 12.1. The highest BCUT2D eigenvalue weighted by Gasteiger charge is 2.08. The molecule has 0 unspecified atom stereocenters. The summed E-state index contributed by atoms with van der Waals surface area (Å²) in [6.45, 7) is 4.65. The van der Waals surface area contributed by atoms with Crippen molar-refractivity contribution in [1.29, 1.82) is 0 Å². The van der Waals surface area contributed by atoms with Gasteiger partial charge in [0, 0.05) is 37.4 Å². The molecule has 5 heteroatoms. The maximum absolute atomic E-state index is 11.9. The van der Waals surface area contributed by atoms with Gasteiger partial charge in [-0.15, -0.1) is 12.4 Å². The van der Waals surface area contributed by atoms with Gasteiger partial charge < -0.3 is 9.88 Å². The summed E-state index contributed by atoms with van der Waals surface area (Å²) >= 11 is 0. The van der Waals surface area contributed by atoms with Crippen LogP contribution >= 0.6 is 12.4 Å². The number of carbonyl (C=O) groups excluding carboxylic acids is 1. The van der Waals surface area contributed by atoms with E-state index in [1.807, 2.05) is 7.05 Å². The number of aromatic nitrogens is 2. The summed E-state index contributed by atoms with van der Waals surface area (Å²) in [7, 11) is 2.02. The molecular formula is C14H18ClN3O. The number of nitrogens with one attached hydrogen (secondary N) is 1. The van der Waals surface area contributed by atoms with Crippen molar-refractivity contribution >= 4 is 18.3 Å². The van der Waals surface area contributed by atoms with Crippen LogP contribution in [0.25, 0.3) is 0 Å². The molecular weight excluding hydrogens is 262 g/mol. The average Bonchev–Trinajstić information content (AvgIpc) is 2.64. The number of carbonyl (C=O) groups is 1. The lowest BCUT2D eigenvalue weighted by molar-refractivity contribution is 0.0950. The molecule has 0 aliphatic heterocycles. The van der Waals surface area contributed by atoms with Gasteiger partial charge in [-0.3, -0.25) is 9.78 Å². The van der Waals surface area contributed by atoms with Crippen LogP contribution in [0.5, 0.6) is 0 Å². The number of pyridine rings is 1. The van der Waals surface area contributed by atoms with Crippen molar-refractivity contribution in [3.05, 3.63) is 53.1 Å². The molecule has 102 valence electrons. The molecule has 0 spiro atoms. The van der Waals surface area contributed by atoms with Crippen molar-refractivity contribution < 1.29 is 4.79 Å². The van der Waals surface area contributed by atoms with E-state index in [4.69, 9.17) is 0 Å². The molecule has 2 heterocycles. The molecule has 0 aliphatic carbocycles. The molecule has 2 rings (SSSR count). The molecule has 0 radical (unpaired) electrons. The highest BCUT2D eigenvalue weighted by Crippen LogP contribution is 2.12. The Morgan fingerprint density at radius 3 is 2.68 bits per heavy atom. The van der Waals surface area contributed by atoms with E-state index in [-0.39, 0.29) is 18.3 Å². The van der Waals surface area contributed by atoms with E-state index in [1.54, 1.807) is 24.5 Å². The third kappa shape index (κ3) is 3.35. The molecule has 0 atom stereocenters. The van der Waals surface area contributed by atoms with Gasteiger partial charge in [-0.2, -0.15) is 0 Å². The molecule has 1 N–H and O–H groups in total. The lowest BCUT2D eigenvalue weighted by Gasteiger charge is -2.05. The van der Waals surface area contributed by atoms with Crippen LogP contribution in [0.15, 0.2) is 30.6 Å². The Labute approximate surface area is 119 Å². The first-order valence-corrected chi connectivity index (χ1v) is 5.89. The number of halogens is 1. The number of hydrogen-bond acceptors (Lipinski definition) is 2. The van der Waals surface area contributed by atoms with Gasteiger partial charge in [-0.25, -0.2) is 0 Å². The molecule has 1 amide bonds. The molecule has 0 saturated heterocycles. The van der Waals surface area contributed by atoms with Gasteiger partial charge in [0.2, 0.25) is 0 Å². The molecule has 2 aromatic rings. The van der Waals surface area contributed by atoms with Gasteiger partial charge in [0.15, 0.2) is 0 Å². The van der Waals surface area contributed by atoms with Gasteiger partial charge in [0.05, 0.1) is 5.56 Å². The van der Waals surface area contributed by atoms with Crippen LogP contribution in [-0.4, -0.2) is 15.5 Å². The number of amides is 1. The first kappa shape index (κ1) is 15.2.